The maximum Gasteiger partial charge on any atom is 0.227 e. The van der Waals surface area contributed by atoms with E-state index in [1.165, 1.54) is 0 Å². The molecule has 0 saturated carbocycles. The van der Waals surface area contributed by atoms with Crippen molar-refractivity contribution in [1.29, 1.82) is 0 Å². The quantitative estimate of drug-likeness (QED) is 0.914. The van der Waals surface area contributed by atoms with Crippen LogP contribution >= 0.6 is 0 Å². The highest BCUT2D eigenvalue weighted by molar-refractivity contribution is 6.02. The van der Waals surface area contributed by atoms with Gasteiger partial charge in [-0.1, -0.05) is 6.07 Å². The number of ketones is 1. The van der Waals surface area contributed by atoms with Crippen LogP contribution in [0.25, 0.3) is 0 Å². The number of piperazine rings is 1. The number of pyridine rings is 1. The Morgan fingerprint density at radius 2 is 1.84 bits per heavy atom. The second kappa shape index (κ2) is 6.66. The Kier molecular flexibility index (Phi) is 4.21. The summed E-state index contributed by atoms with van der Waals surface area (Å²) in [6.45, 7) is 3.44. The van der Waals surface area contributed by atoms with E-state index >= 15 is 0 Å². The standard InChI is InChI=1S/C18H22N6O/c1-19-17-16-13(5-4-6-14(16)25)21-18(22-17)24-11-9-23(10-12-24)15-7-2-3-8-20-15/h2-3,7-8H,4-6,9-12H2,1H3,(H,19,21,22). The lowest BCUT2D eigenvalue weighted by Crippen LogP contribution is -2.47. The number of fused-ring (bicyclic) bond motifs is 1. The van der Waals surface area contributed by atoms with Crippen LogP contribution in [-0.4, -0.2) is 54.0 Å². The molecular weight excluding hydrogens is 316 g/mol. The van der Waals surface area contributed by atoms with Crippen LogP contribution in [0.4, 0.5) is 17.6 Å². The fourth-order valence-electron chi connectivity index (χ4n) is 3.51. The Hall–Kier alpha value is -2.70. The van der Waals surface area contributed by atoms with Crippen molar-refractivity contribution in [3.05, 3.63) is 35.7 Å². The van der Waals surface area contributed by atoms with E-state index in [9.17, 15) is 4.79 Å². The molecule has 7 heteroatoms. The Bertz CT molecular complexity index is 753. The number of carbonyl (C=O) groups is 1. The van der Waals surface area contributed by atoms with Gasteiger partial charge in [-0.25, -0.2) is 9.97 Å². The highest BCUT2D eigenvalue weighted by Crippen LogP contribution is 2.28. The molecule has 0 unspecified atom stereocenters. The first-order valence-corrected chi connectivity index (χ1v) is 8.79. The largest absolute Gasteiger partial charge is 0.372 e. The summed E-state index contributed by atoms with van der Waals surface area (Å²) in [4.78, 5) is 30.4. The van der Waals surface area contributed by atoms with Crippen LogP contribution in [0.1, 0.15) is 28.9 Å². The number of nitrogens with zero attached hydrogens (tertiary/aromatic N) is 5. The van der Waals surface area contributed by atoms with Gasteiger partial charge in [0.25, 0.3) is 0 Å². The summed E-state index contributed by atoms with van der Waals surface area (Å²) in [5, 5.41) is 3.08. The topological polar surface area (TPSA) is 74.2 Å². The molecule has 0 atom stereocenters. The number of carbonyl (C=O) groups excluding carboxylic acids is 1. The predicted octanol–water partition coefficient (Wildman–Crippen LogP) is 1.76. The minimum absolute atomic E-state index is 0.150. The molecule has 3 heterocycles. The van der Waals surface area contributed by atoms with E-state index in [1.807, 2.05) is 31.4 Å². The van der Waals surface area contributed by atoms with Crippen molar-refractivity contribution in [3.8, 4) is 0 Å². The van der Waals surface area contributed by atoms with Crippen LogP contribution in [0, 0.1) is 0 Å². The van der Waals surface area contributed by atoms with Crippen LogP contribution in [0.2, 0.25) is 0 Å². The second-order valence-electron chi connectivity index (χ2n) is 6.38. The van der Waals surface area contributed by atoms with Crippen LogP contribution < -0.4 is 15.1 Å². The number of anilines is 3. The average molecular weight is 338 g/mol. The summed E-state index contributed by atoms with van der Waals surface area (Å²) in [5.41, 5.74) is 1.57. The fourth-order valence-corrected chi connectivity index (χ4v) is 3.51. The van der Waals surface area contributed by atoms with E-state index in [0.29, 0.717) is 17.8 Å². The molecule has 0 radical (unpaired) electrons. The average Bonchev–Trinajstić information content (AvgIpc) is 2.68. The van der Waals surface area contributed by atoms with Gasteiger partial charge in [0.1, 0.15) is 11.6 Å². The van der Waals surface area contributed by atoms with Gasteiger partial charge in [-0.05, 0) is 25.0 Å². The van der Waals surface area contributed by atoms with Gasteiger partial charge in [0.15, 0.2) is 5.78 Å². The third-order valence-corrected chi connectivity index (χ3v) is 4.84. The minimum Gasteiger partial charge on any atom is -0.372 e. The van der Waals surface area contributed by atoms with Gasteiger partial charge < -0.3 is 15.1 Å². The molecule has 25 heavy (non-hydrogen) atoms. The number of Topliss-reactive ketones (excluding diaryl/α,β-unsaturated/α-hetero) is 1. The third-order valence-electron chi connectivity index (χ3n) is 4.84. The van der Waals surface area contributed by atoms with Gasteiger partial charge in [0.2, 0.25) is 5.95 Å². The van der Waals surface area contributed by atoms with Gasteiger partial charge in [0, 0.05) is 45.8 Å². The Morgan fingerprint density at radius 1 is 1.04 bits per heavy atom. The van der Waals surface area contributed by atoms with Gasteiger partial charge in [-0.2, -0.15) is 4.98 Å². The lowest BCUT2D eigenvalue weighted by Gasteiger charge is -2.35. The van der Waals surface area contributed by atoms with Gasteiger partial charge in [-0.3, -0.25) is 4.79 Å². The van der Waals surface area contributed by atoms with Crippen molar-refractivity contribution in [2.24, 2.45) is 0 Å². The third kappa shape index (κ3) is 3.01. The SMILES string of the molecule is CNc1nc(N2CCN(c3ccccn3)CC2)nc2c1C(=O)CCC2. The van der Waals surface area contributed by atoms with Gasteiger partial charge in [-0.15, -0.1) is 0 Å². The van der Waals surface area contributed by atoms with Crippen molar-refractivity contribution >= 4 is 23.4 Å². The highest BCUT2D eigenvalue weighted by atomic mass is 16.1. The zero-order chi connectivity index (χ0) is 17.2. The molecule has 1 fully saturated rings. The molecule has 130 valence electrons. The molecule has 1 N–H and O–H groups in total. The molecule has 0 bridgehead atoms. The maximum atomic E-state index is 12.2. The summed E-state index contributed by atoms with van der Waals surface area (Å²) < 4.78 is 0. The minimum atomic E-state index is 0.150. The lowest BCUT2D eigenvalue weighted by molar-refractivity contribution is 0.0972. The monoisotopic (exact) mass is 338 g/mol. The summed E-state index contributed by atoms with van der Waals surface area (Å²) in [5.74, 6) is 2.54. The van der Waals surface area contributed by atoms with E-state index in [2.05, 4.69) is 25.1 Å². The normalized spacial score (nSPS) is 17.4. The summed E-state index contributed by atoms with van der Waals surface area (Å²) in [7, 11) is 1.81. The number of hydrogen-bond donors (Lipinski definition) is 1. The van der Waals surface area contributed by atoms with Crippen molar-refractivity contribution in [2.75, 3.05) is 48.3 Å². The molecule has 0 spiro atoms. The smallest absolute Gasteiger partial charge is 0.227 e. The first-order chi connectivity index (χ1) is 12.3. The van der Waals surface area contributed by atoms with Crippen molar-refractivity contribution in [1.82, 2.24) is 15.0 Å². The molecule has 4 rings (SSSR count). The molecule has 2 aromatic rings. The molecule has 2 aliphatic rings. The molecule has 1 aliphatic carbocycles. The van der Waals surface area contributed by atoms with E-state index in [4.69, 9.17) is 4.98 Å². The first-order valence-electron chi connectivity index (χ1n) is 8.79. The van der Waals surface area contributed by atoms with Gasteiger partial charge in [0.05, 0.1) is 11.3 Å². The van der Waals surface area contributed by atoms with Crippen LogP contribution in [-0.2, 0) is 6.42 Å². The highest BCUT2D eigenvalue weighted by Gasteiger charge is 2.27. The van der Waals surface area contributed by atoms with Crippen molar-refractivity contribution < 1.29 is 4.79 Å². The number of aryl methyl sites for hydroxylation is 1. The zero-order valence-corrected chi connectivity index (χ0v) is 14.4. The molecule has 1 saturated heterocycles. The lowest BCUT2D eigenvalue weighted by atomic mass is 9.95. The van der Waals surface area contributed by atoms with E-state index in [0.717, 1.165) is 56.5 Å². The number of rotatable bonds is 3. The summed E-state index contributed by atoms with van der Waals surface area (Å²) in [6, 6.07) is 5.98. The van der Waals surface area contributed by atoms with E-state index < -0.39 is 0 Å². The summed E-state index contributed by atoms with van der Waals surface area (Å²) >= 11 is 0. The second-order valence-corrected chi connectivity index (χ2v) is 6.38. The molecule has 7 nitrogen and oxygen atoms in total. The summed E-state index contributed by atoms with van der Waals surface area (Å²) in [6.07, 6.45) is 4.13. The van der Waals surface area contributed by atoms with Crippen LogP contribution in [0.3, 0.4) is 0 Å². The number of aromatic nitrogens is 3. The maximum absolute atomic E-state index is 12.2. The van der Waals surface area contributed by atoms with Crippen LogP contribution in [0.5, 0.6) is 0 Å². The molecule has 0 amide bonds. The Balaban J connectivity index is 1.54. The molecule has 2 aromatic heterocycles. The number of hydrogen-bond acceptors (Lipinski definition) is 7. The van der Waals surface area contributed by atoms with E-state index in [1.54, 1.807) is 0 Å². The number of nitrogens with one attached hydrogen (secondary N) is 1. The molecular formula is C18H22N6O. The van der Waals surface area contributed by atoms with Gasteiger partial charge >= 0.3 is 0 Å². The van der Waals surface area contributed by atoms with E-state index in [-0.39, 0.29) is 5.78 Å². The Labute approximate surface area is 147 Å². The molecule has 0 aromatic carbocycles. The fraction of sp³-hybridized carbons (Fsp3) is 0.444. The molecule has 1 aliphatic heterocycles. The Morgan fingerprint density at radius 3 is 2.56 bits per heavy atom. The first kappa shape index (κ1) is 15.8. The zero-order valence-electron chi connectivity index (χ0n) is 14.4. The van der Waals surface area contributed by atoms with Crippen molar-refractivity contribution in [2.45, 2.75) is 19.3 Å². The predicted molar refractivity (Wildman–Crippen MR) is 97.5 cm³/mol. The van der Waals surface area contributed by atoms with Crippen molar-refractivity contribution in [3.63, 3.8) is 0 Å². The van der Waals surface area contributed by atoms with Crippen LogP contribution in [0.15, 0.2) is 24.4 Å².